The number of carboxylic acid groups (broad SMARTS) is 1. The highest BCUT2D eigenvalue weighted by Crippen LogP contribution is 2.06. The van der Waals surface area contributed by atoms with Crippen LogP contribution in [-0.4, -0.2) is 43.8 Å². The Morgan fingerprint density at radius 3 is 2.83 bits per heavy atom. The minimum atomic E-state index is -1.11. The Hall–Kier alpha value is -1.86. The van der Waals surface area contributed by atoms with Gasteiger partial charge in [-0.05, 0) is 12.1 Å². The summed E-state index contributed by atoms with van der Waals surface area (Å²) in [4.78, 5) is 21.8. The number of aromatic carboxylic acids is 1. The Labute approximate surface area is 104 Å². The van der Waals surface area contributed by atoms with Crippen LogP contribution in [-0.2, 0) is 16.1 Å². The van der Waals surface area contributed by atoms with Gasteiger partial charge >= 0.3 is 5.97 Å². The standard InChI is InChI=1S/C11H16N2O5/c1-17-5-4-13-10(14)7-12-6-8-2-3-9(18-8)11(15)16/h2-3,12H,4-7H2,1H3,(H,13,14)(H,15,16). The second-order valence-electron chi connectivity index (χ2n) is 3.52. The zero-order valence-electron chi connectivity index (χ0n) is 10.1. The number of hydrogen-bond acceptors (Lipinski definition) is 5. The molecule has 7 nitrogen and oxygen atoms in total. The van der Waals surface area contributed by atoms with Crippen LogP contribution in [0.25, 0.3) is 0 Å². The lowest BCUT2D eigenvalue weighted by Crippen LogP contribution is -2.35. The van der Waals surface area contributed by atoms with E-state index < -0.39 is 5.97 Å². The van der Waals surface area contributed by atoms with Crippen LogP contribution in [0.1, 0.15) is 16.3 Å². The number of carbonyl (C=O) groups excluding carboxylic acids is 1. The molecule has 0 unspecified atom stereocenters. The van der Waals surface area contributed by atoms with E-state index in [9.17, 15) is 9.59 Å². The second kappa shape index (κ2) is 7.46. The molecule has 0 bridgehead atoms. The molecule has 1 heterocycles. The first-order valence-corrected chi connectivity index (χ1v) is 5.42. The quantitative estimate of drug-likeness (QED) is 0.558. The predicted molar refractivity (Wildman–Crippen MR) is 62.3 cm³/mol. The van der Waals surface area contributed by atoms with Gasteiger partial charge in [-0.15, -0.1) is 0 Å². The molecule has 0 atom stereocenters. The zero-order valence-corrected chi connectivity index (χ0v) is 10.1. The summed E-state index contributed by atoms with van der Waals surface area (Å²) in [5, 5.41) is 14.1. The van der Waals surface area contributed by atoms with Crippen molar-refractivity contribution in [2.45, 2.75) is 6.54 Å². The summed E-state index contributed by atoms with van der Waals surface area (Å²) in [6, 6.07) is 2.93. The van der Waals surface area contributed by atoms with Crippen molar-refractivity contribution in [2.24, 2.45) is 0 Å². The van der Waals surface area contributed by atoms with E-state index in [0.29, 0.717) is 25.5 Å². The fourth-order valence-corrected chi connectivity index (χ4v) is 1.24. The van der Waals surface area contributed by atoms with Crippen LogP contribution >= 0.6 is 0 Å². The highest BCUT2D eigenvalue weighted by molar-refractivity contribution is 5.84. The minimum Gasteiger partial charge on any atom is -0.475 e. The summed E-state index contributed by atoms with van der Waals surface area (Å²) in [7, 11) is 1.56. The smallest absolute Gasteiger partial charge is 0.371 e. The summed E-state index contributed by atoms with van der Waals surface area (Å²) in [5.41, 5.74) is 0. The molecule has 100 valence electrons. The van der Waals surface area contributed by atoms with Crippen LogP contribution in [0.4, 0.5) is 0 Å². The molecule has 0 aliphatic rings. The van der Waals surface area contributed by atoms with Gasteiger partial charge in [0.05, 0.1) is 19.7 Å². The number of ether oxygens (including phenoxy) is 1. The van der Waals surface area contributed by atoms with Crippen LogP contribution < -0.4 is 10.6 Å². The first-order valence-electron chi connectivity index (χ1n) is 5.42. The Balaban J connectivity index is 2.20. The van der Waals surface area contributed by atoms with Crippen molar-refractivity contribution in [2.75, 3.05) is 26.8 Å². The monoisotopic (exact) mass is 256 g/mol. The zero-order chi connectivity index (χ0) is 13.4. The van der Waals surface area contributed by atoms with E-state index in [1.54, 1.807) is 13.2 Å². The first-order chi connectivity index (χ1) is 8.63. The van der Waals surface area contributed by atoms with Crippen LogP contribution in [0.5, 0.6) is 0 Å². The largest absolute Gasteiger partial charge is 0.475 e. The molecular formula is C11H16N2O5. The van der Waals surface area contributed by atoms with Gasteiger partial charge in [0.25, 0.3) is 0 Å². The molecule has 0 radical (unpaired) electrons. The van der Waals surface area contributed by atoms with Crippen LogP contribution in [0.2, 0.25) is 0 Å². The lowest BCUT2D eigenvalue weighted by atomic mass is 10.4. The SMILES string of the molecule is COCCNC(=O)CNCc1ccc(C(=O)O)o1. The van der Waals surface area contributed by atoms with E-state index in [-0.39, 0.29) is 18.2 Å². The van der Waals surface area contributed by atoms with E-state index in [1.807, 2.05) is 0 Å². The van der Waals surface area contributed by atoms with Crippen LogP contribution in [0.15, 0.2) is 16.5 Å². The van der Waals surface area contributed by atoms with Crippen molar-refractivity contribution in [3.63, 3.8) is 0 Å². The molecular weight excluding hydrogens is 240 g/mol. The number of methoxy groups -OCH3 is 1. The fraction of sp³-hybridized carbons (Fsp3) is 0.455. The molecule has 18 heavy (non-hydrogen) atoms. The van der Waals surface area contributed by atoms with Gasteiger partial charge in [-0.2, -0.15) is 0 Å². The first kappa shape index (κ1) is 14.2. The Morgan fingerprint density at radius 1 is 1.44 bits per heavy atom. The third-order valence-corrected chi connectivity index (χ3v) is 2.09. The van der Waals surface area contributed by atoms with Crippen molar-refractivity contribution in [3.05, 3.63) is 23.7 Å². The van der Waals surface area contributed by atoms with Crippen LogP contribution in [0, 0.1) is 0 Å². The van der Waals surface area contributed by atoms with E-state index >= 15 is 0 Å². The van der Waals surface area contributed by atoms with Crippen LogP contribution in [0.3, 0.4) is 0 Å². The molecule has 1 aromatic rings. The van der Waals surface area contributed by atoms with E-state index in [2.05, 4.69) is 10.6 Å². The normalized spacial score (nSPS) is 10.3. The van der Waals surface area contributed by atoms with Crippen molar-refractivity contribution in [3.8, 4) is 0 Å². The summed E-state index contributed by atoms with van der Waals surface area (Å²) in [6.07, 6.45) is 0. The molecule has 0 saturated heterocycles. The highest BCUT2D eigenvalue weighted by atomic mass is 16.5. The summed E-state index contributed by atoms with van der Waals surface area (Å²) in [5.74, 6) is -0.913. The molecule has 7 heteroatoms. The number of carboxylic acids is 1. The lowest BCUT2D eigenvalue weighted by molar-refractivity contribution is -0.120. The van der Waals surface area contributed by atoms with Crippen molar-refractivity contribution >= 4 is 11.9 Å². The second-order valence-corrected chi connectivity index (χ2v) is 3.52. The Morgan fingerprint density at radius 2 is 2.22 bits per heavy atom. The molecule has 0 spiro atoms. The fourth-order valence-electron chi connectivity index (χ4n) is 1.24. The van der Waals surface area contributed by atoms with Crippen molar-refractivity contribution in [1.82, 2.24) is 10.6 Å². The Kier molecular flexibility index (Phi) is 5.89. The van der Waals surface area contributed by atoms with Gasteiger partial charge < -0.3 is 24.9 Å². The third kappa shape index (κ3) is 4.98. The topological polar surface area (TPSA) is 101 Å². The Bertz CT molecular complexity index is 402. The van der Waals surface area contributed by atoms with Gasteiger partial charge in [0.2, 0.25) is 11.7 Å². The minimum absolute atomic E-state index is 0.114. The highest BCUT2D eigenvalue weighted by Gasteiger charge is 2.08. The van der Waals surface area contributed by atoms with Gasteiger partial charge in [-0.3, -0.25) is 4.79 Å². The van der Waals surface area contributed by atoms with Crippen molar-refractivity contribution < 1.29 is 23.8 Å². The maximum Gasteiger partial charge on any atom is 0.371 e. The van der Waals surface area contributed by atoms with Gasteiger partial charge in [0.1, 0.15) is 5.76 Å². The average Bonchev–Trinajstić information content (AvgIpc) is 2.78. The molecule has 3 N–H and O–H groups in total. The van der Waals surface area contributed by atoms with E-state index in [1.165, 1.54) is 6.07 Å². The molecule has 0 aliphatic carbocycles. The number of amides is 1. The predicted octanol–water partition coefficient (Wildman–Crippen LogP) is -0.170. The molecule has 0 fully saturated rings. The maximum atomic E-state index is 11.3. The van der Waals surface area contributed by atoms with Crippen molar-refractivity contribution in [1.29, 1.82) is 0 Å². The summed E-state index contributed by atoms with van der Waals surface area (Å²) in [6.45, 7) is 1.35. The maximum absolute atomic E-state index is 11.3. The van der Waals surface area contributed by atoms with E-state index in [4.69, 9.17) is 14.3 Å². The number of carbonyl (C=O) groups is 2. The van der Waals surface area contributed by atoms with Gasteiger partial charge in [-0.1, -0.05) is 0 Å². The lowest BCUT2D eigenvalue weighted by Gasteiger charge is -2.04. The molecule has 1 amide bonds. The molecule has 0 aromatic carbocycles. The number of furan rings is 1. The number of nitrogens with one attached hydrogen (secondary N) is 2. The number of rotatable bonds is 8. The van der Waals surface area contributed by atoms with E-state index in [0.717, 1.165) is 0 Å². The van der Waals surface area contributed by atoms with Gasteiger partial charge in [-0.25, -0.2) is 4.79 Å². The van der Waals surface area contributed by atoms with Gasteiger partial charge in [0, 0.05) is 13.7 Å². The summed E-state index contributed by atoms with van der Waals surface area (Å²) < 4.78 is 9.80. The third-order valence-electron chi connectivity index (χ3n) is 2.09. The molecule has 1 rings (SSSR count). The average molecular weight is 256 g/mol. The molecule has 0 saturated carbocycles. The van der Waals surface area contributed by atoms with Gasteiger partial charge in [0.15, 0.2) is 0 Å². The molecule has 1 aromatic heterocycles. The molecule has 0 aliphatic heterocycles. The number of hydrogen-bond donors (Lipinski definition) is 3. The summed E-state index contributed by atoms with van der Waals surface area (Å²) >= 11 is 0.